The van der Waals surface area contributed by atoms with Gasteiger partial charge in [0.2, 0.25) is 5.78 Å². The molecule has 0 atom stereocenters. The van der Waals surface area contributed by atoms with E-state index < -0.39 is 22.1 Å². The molecule has 3 rings (SSSR count). The Kier molecular flexibility index (Phi) is 3.03. The summed E-state index contributed by atoms with van der Waals surface area (Å²) in [4.78, 5) is 22.1. The summed E-state index contributed by atoms with van der Waals surface area (Å²) < 4.78 is 5.34. The number of fused-ring (bicyclic) bond motifs is 1. The summed E-state index contributed by atoms with van der Waals surface area (Å²) in [5.41, 5.74) is 0.0145. The minimum Gasteiger partial charge on any atom is -0.868 e. The number of hydrogen-bond donors (Lipinski definition) is 1. The highest BCUT2D eigenvalue weighted by molar-refractivity contribution is 6.14. The van der Waals surface area contributed by atoms with Crippen molar-refractivity contribution in [2.75, 3.05) is 0 Å². The number of hydrogen-bond acceptors (Lipinski definition) is 6. The summed E-state index contributed by atoms with van der Waals surface area (Å²) in [5.74, 6) is -0.971. The average Bonchev–Trinajstić information content (AvgIpc) is 2.76. The number of phenolic OH excluding ortho intramolecular Hbond substituents is 1. The van der Waals surface area contributed by atoms with Crippen LogP contribution in [0.3, 0.4) is 0 Å². The fraction of sp³-hybridized carbons (Fsp3) is 0. The van der Waals surface area contributed by atoms with E-state index in [-0.39, 0.29) is 17.3 Å². The largest absolute Gasteiger partial charge is 0.868 e. The SMILES string of the molecule is O=C1/C(=C\c2ccc([O-])c([N+](=O)[O-])c2)Oc2cc(O)ccc21. The van der Waals surface area contributed by atoms with Gasteiger partial charge in [0.05, 0.1) is 10.5 Å². The number of Topliss-reactive ketones (excluding diaryl/α,β-unsaturated/α-hetero) is 1. The Hall–Kier alpha value is -3.35. The van der Waals surface area contributed by atoms with Gasteiger partial charge in [-0.3, -0.25) is 14.9 Å². The summed E-state index contributed by atoms with van der Waals surface area (Å²) in [6, 6.07) is 7.59. The van der Waals surface area contributed by atoms with Crippen molar-refractivity contribution in [3.8, 4) is 17.2 Å². The third kappa shape index (κ3) is 2.24. The molecule has 0 spiro atoms. The Morgan fingerprint density at radius 3 is 2.68 bits per heavy atom. The lowest BCUT2D eigenvalue weighted by Crippen LogP contribution is -2.00. The molecule has 1 aliphatic rings. The minimum absolute atomic E-state index is 0.0338. The highest BCUT2D eigenvalue weighted by Gasteiger charge is 2.27. The molecule has 7 nitrogen and oxygen atoms in total. The number of allylic oxidation sites excluding steroid dienone is 1. The molecule has 0 amide bonds. The number of nitro benzene ring substituents is 1. The van der Waals surface area contributed by atoms with E-state index in [1.54, 1.807) is 0 Å². The Balaban J connectivity index is 1.99. The Morgan fingerprint density at radius 1 is 1.18 bits per heavy atom. The molecular weight excluding hydrogens is 290 g/mol. The molecule has 7 heteroatoms. The molecule has 0 radical (unpaired) electrons. The topological polar surface area (TPSA) is 113 Å². The number of ether oxygens (including phenoxy) is 1. The predicted octanol–water partition coefficient (Wildman–Crippen LogP) is 1.99. The van der Waals surface area contributed by atoms with Crippen LogP contribution in [-0.4, -0.2) is 15.8 Å². The van der Waals surface area contributed by atoms with Gasteiger partial charge in [0.15, 0.2) is 5.76 Å². The Labute approximate surface area is 123 Å². The smallest absolute Gasteiger partial charge is 0.262 e. The summed E-state index contributed by atoms with van der Waals surface area (Å²) in [7, 11) is 0. The molecule has 2 aromatic carbocycles. The third-order valence-corrected chi connectivity index (χ3v) is 3.13. The van der Waals surface area contributed by atoms with Gasteiger partial charge in [0.1, 0.15) is 11.5 Å². The molecule has 2 aromatic rings. The van der Waals surface area contributed by atoms with Crippen LogP contribution in [0.5, 0.6) is 17.2 Å². The molecule has 0 aliphatic carbocycles. The van der Waals surface area contributed by atoms with E-state index in [4.69, 9.17) is 4.74 Å². The highest BCUT2D eigenvalue weighted by atomic mass is 16.6. The molecule has 0 bridgehead atoms. The molecule has 1 aliphatic heterocycles. The van der Waals surface area contributed by atoms with Gasteiger partial charge in [-0.05, 0) is 29.5 Å². The van der Waals surface area contributed by atoms with Crippen molar-refractivity contribution in [1.29, 1.82) is 0 Å². The van der Waals surface area contributed by atoms with E-state index >= 15 is 0 Å². The van der Waals surface area contributed by atoms with Gasteiger partial charge in [-0.15, -0.1) is 0 Å². The monoisotopic (exact) mass is 298 g/mol. The molecule has 0 saturated heterocycles. The zero-order valence-corrected chi connectivity index (χ0v) is 11.0. The predicted molar refractivity (Wildman–Crippen MR) is 73.6 cm³/mol. The molecule has 22 heavy (non-hydrogen) atoms. The van der Waals surface area contributed by atoms with Gasteiger partial charge >= 0.3 is 0 Å². The fourth-order valence-corrected chi connectivity index (χ4v) is 2.09. The van der Waals surface area contributed by atoms with Crippen molar-refractivity contribution in [1.82, 2.24) is 0 Å². The number of aromatic hydroxyl groups is 1. The van der Waals surface area contributed by atoms with Crippen LogP contribution in [0.15, 0.2) is 42.2 Å². The van der Waals surface area contributed by atoms with Gasteiger partial charge in [0, 0.05) is 12.1 Å². The standard InChI is InChI=1S/C15H9NO6/c17-9-2-3-10-13(7-9)22-14(15(10)19)6-8-1-4-12(18)11(5-8)16(20)21/h1-7,17-18H/p-1/b14-6+. The highest BCUT2D eigenvalue weighted by Crippen LogP contribution is 2.35. The lowest BCUT2D eigenvalue weighted by Gasteiger charge is -2.06. The van der Waals surface area contributed by atoms with E-state index in [9.17, 15) is 25.1 Å². The first-order valence-corrected chi connectivity index (χ1v) is 6.18. The van der Waals surface area contributed by atoms with Crippen LogP contribution in [-0.2, 0) is 0 Å². The van der Waals surface area contributed by atoms with Crippen molar-refractivity contribution >= 4 is 17.5 Å². The number of phenols is 1. The third-order valence-electron chi connectivity index (χ3n) is 3.13. The molecule has 0 fully saturated rings. The lowest BCUT2D eigenvalue weighted by molar-refractivity contribution is -0.398. The van der Waals surface area contributed by atoms with Gasteiger partial charge < -0.3 is 14.9 Å². The maximum absolute atomic E-state index is 12.1. The van der Waals surface area contributed by atoms with Crippen LogP contribution in [0.1, 0.15) is 15.9 Å². The van der Waals surface area contributed by atoms with Crippen LogP contribution in [0.2, 0.25) is 0 Å². The van der Waals surface area contributed by atoms with Crippen molar-refractivity contribution in [2.45, 2.75) is 0 Å². The number of ketones is 1. The zero-order valence-electron chi connectivity index (χ0n) is 11.0. The number of benzene rings is 2. The number of nitrogens with zero attached hydrogens (tertiary/aromatic N) is 1. The van der Waals surface area contributed by atoms with Crippen LogP contribution in [0.25, 0.3) is 6.08 Å². The first-order valence-electron chi connectivity index (χ1n) is 6.18. The quantitative estimate of drug-likeness (QED) is 0.515. The molecule has 0 saturated carbocycles. The summed E-state index contributed by atoms with van der Waals surface area (Å²) >= 11 is 0. The van der Waals surface area contributed by atoms with E-state index in [0.717, 1.165) is 12.1 Å². The molecule has 0 unspecified atom stereocenters. The molecule has 0 aromatic heterocycles. The molecule has 1 heterocycles. The Morgan fingerprint density at radius 2 is 1.95 bits per heavy atom. The van der Waals surface area contributed by atoms with Crippen molar-refractivity contribution in [2.24, 2.45) is 0 Å². The van der Waals surface area contributed by atoms with E-state index in [2.05, 4.69) is 0 Å². The number of carbonyl (C=O) groups excluding carboxylic acids is 1. The minimum atomic E-state index is -0.783. The second kappa shape index (κ2) is 4.88. The Bertz CT molecular complexity index is 840. The van der Waals surface area contributed by atoms with Gasteiger partial charge in [-0.25, -0.2) is 0 Å². The molecule has 1 N–H and O–H groups in total. The van der Waals surface area contributed by atoms with Gasteiger partial charge in [-0.2, -0.15) is 0 Å². The summed E-state index contributed by atoms with van der Waals surface area (Å²) in [6.45, 7) is 0. The van der Waals surface area contributed by atoms with Crippen molar-refractivity contribution in [3.63, 3.8) is 0 Å². The van der Waals surface area contributed by atoms with Crippen LogP contribution < -0.4 is 9.84 Å². The fourth-order valence-electron chi connectivity index (χ4n) is 2.09. The van der Waals surface area contributed by atoms with Crippen molar-refractivity contribution in [3.05, 3.63) is 63.4 Å². The number of nitro groups is 1. The van der Waals surface area contributed by atoms with Crippen LogP contribution in [0.4, 0.5) is 5.69 Å². The second-order valence-electron chi connectivity index (χ2n) is 4.60. The van der Waals surface area contributed by atoms with E-state index in [0.29, 0.717) is 11.1 Å². The van der Waals surface area contributed by atoms with Crippen molar-refractivity contribution < 1.29 is 24.7 Å². The maximum atomic E-state index is 12.1. The zero-order chi connectivity index (χ0) is 15.9. The van der Waals surface area contributed by atoms with Gasteiger partial charge in [-0.1, -0.05) is 12.1 Å². The van der Waals surface area contributed by atoms with E-state index in [1.807, 2.05) is 0 Å². The normalized spacial score (nSPS) is 14.7. The first-order chi connectivity index (χ1) is 10.5. The molecule has 110 valence electrons. The number of carbonyl (C=O) groups is 1. The van der Waals surface area contributed by atoms with Gasteiger partial charge in [0.25, 0.3) is 5.69 Å². The van der Waals surface area contributed by atoms with E-state index in [1.165, 1.54) is 30.3 Å². The first kappa shape index (κ1) is 13.6. The second-order valence-corrected chi connectivity index (χ2v) is 4.60. The maximum Gasteiger partial charge on any atom is 0.262 e. The van der Waals surface area contributed by atoms with Crippen LogP contribution in [0, 0.1) is 10.1 Å². The van der Waals surface area contributed by atoms with Crippen LogP contribution >= 0.6 is 0 Å². The lowest BCUT2D eigenvalue weighted by atomic mass is 10.1. The number of rotatable bonds is 2. The summed E-state index contributed by atoms with van der Waals surface area (Å²) in [5, 5.41) is 31.5. The average molecular weight is 298 g/mol. The summed E-state index contributed by atoms with van der Waals surface area (Å²) in [6.07, 6.45) is 1.31. The molecular formula is C15H8NO6-.